The van der Waals surface area contributed by atoms with E-state index in [1.807, 2.05) is 0 Å². The number of rotatable bonds is 23. The van der Waals surface area contributed by atoms with Crippen LogP contribution in [0, 0.1) is 11.6 Å². The first-order chi connectivity index (χ1) is 28.2. The number of ketones is 1. The largest absolute Gasteiger partial charge is 0.487 e. The van der Waals surface area contributed by atoms with Crippen LogP contribution in [0.15, 0.2) is 35.7 Å². The Labute approximate surface area is 336 Å². The van der Waals surface area contributed by atoms with Gasteiger partial charge < -0.3 is 38.1 Å². The highest BCUT2D eigenvalue weighted by molar-refractivity contribution is 7.14. The molecule has 2 fully saturated rings. The summed E-state index contributed by atoms with van der Waals surface area (Å²) in [5.74, 6) is -5.03. The van der Waals surface area contributed by atoms with E-state index in [2.05, 4.69) is 15.2 Å². The molecule has 0 aliphatic carbocycles. The number of piperidine rings is 1. The van der Waals surface area contributed by atoms with Gasteiger partial charge in [0.15, 0.2) is 22.5 Å². The van der Waals surface area contributed by atoms with E-state index in [0.717, 1.165) is 16.1 Å². The SMILES string of the molecule is O=C(CCCOCCOCCOCCOCCOc1c(-c2csc(N3CCOCC3)n2)ccc(F)c1F)COc1cccc2c1C(=O)N(C1CCC(=O)NC1=O)C2=O. The van der Waals surface area contributed by atoms with Crippen LogP contribution in [-0.4, -0.2) is 138 Å². The number of benzene rings is 2. The highest BCUT2D eigenvalue weighted by atomic mass is 32.1. The van der Waals surface area contributed by atoms with Crippen LogP contribution in [0.25, 0.3) is 11.3 Å². The average Bonchev–Trinajstić information content (AvgIpc) is 3.81. The Bertz CT molecular complexity index is 1940. The molecule has 3 aromatic rings. The summed E-state index contributed by atoms with van der Waals surface area (Å²) in [6, 6.07) is 5.86. The second kappa shape index (κ2) is 21.2. The lowest BCUT2D eigenvalue weighted by Crippen LogP contribution is -2.54. The number of fused-ring (bicyclic) bond motifs is 1. The highest BCUT2D eigenvalue weighted by Crippen LogP contribution is 2.37. The Morgan fingerprint density at radius 2 is 1.53 bits per heavy atom. The standard InChI is InChI=1S/C39H44F2N4O12S/c40-28-7-6-26(29-24-58-39(42-29)44-10-13-52-14-11-44)35(34(28)41)56-22-21-55-20-19-54-18-17-53-16-15-51-12-2-3-25(46)23-57-31-5-1-4-27-33(31)38(50)45(37(27)49)30-8-9-32(47)43-36(30)48/h1,4-7,24,30H,2-3,8-23H2,(H,43,47,48). The summed E-state index contributed by atoms with van der Waals surface area (Å²) in [5, 5.41) is 4.72. The first-order valence-electron chi connectivity index (χ1n) is 18.9. The van der Waals surface area contributed by atoms with Crippen molar-refractivity contribution < 1.29 is 65.9 Å². The van der Waals surface area contributed by atoms with Gasteiger partial charge >= 0.3 is 0 Å². The third-order valence-electron chi connectivity index (χ3n) is 9.25. The van der Waals surface area contributed by atoms with Crippen molar-refractivity contribution in [2.45, 2.75) is 31.7 Å². The minimum Gasteiger partial charge on any atom is -0.487 e. The minimum atomic E-state index is -1.10. The van der Waals surface area contributed by atoms with Crippen LogP contribution in [-0.2, 0) is 38.1 Å². The highest BCUT2D eigenvalue weighted by Gasteiger charge is 2.46. The van der Waals surface area contributed by atoms with E-state index < -0.39 is 41.3 Å². The molecule has 2 aromatic carbocycles. The molecule has 1 aromatic heterocycles. The summed E-state index contributed by atoms with van der Waals surface area (Å²) >= 11 is 1.42. The van der Waals surface area contributed by atoms with E-state index in [0.29, 0.717) is 83.6 Å². The molecule has 4 amide bonds. The number of aromatic nitrogens is 1. The number of nitrogens with one attached hydrogen (secondary N) is 1. The predicted molar refractivity (Wildman–Crippen MR) is 202 cm³/mol. The van der Waals surface area contributed by atoms with Crippen molar-refractivity contribution in [3.05, 3.63) is 58.5 Å². The lowest BCUT2D eigenvalue weighted by atomic mass is 10.0. The van der Waals surface area contributed by atoms with Crippen LogP contribution < -0.4 is 19.7 Å². The van der Waals surface area contributed by atoms with Crippen molar-refractivity contribution in [2.24, 2.45) is 0 Å². The Hall–Kier alpha value is -4.92. The summed E-state index contributed by atoms with van der Waals surface area (Å²) in [6.45, 7) is 4.60. The zero-order valence-corrected chi connectivity index (χ0v) is 32.5. The van der Waals surface area contributed by atoms with E-state index in [9.17, 15) is 32.8 Å². The molecule has 0 saturated carbocycles. The summed E-state index contributed by atoms with van der Waals surface area (Å²) in [7, 11) is 0. The van der Waals surface area contributed by atoms with Gasteiger partial charge in [-0.2, -0.15) is 4.39 Å². The van der Waals surface area contributed by atoms with Crippen molar-refractivity contribution in [1.82, 2.24) is 15.2 Å². The molecule has 16 nitrogen and oxygen atoms in total. The molecule has 1 unspecified atom stereocenters. The predicted octanol–water partition coefficient (Wildman–Crippen LogP) is 3.20. The molecule has 19 heteroatoms. The Kier molecular flexibility index (Phi) is 15.6. The fourth-order valence-electron chi connectivity index (χ4n) is 6.33. The number of carbonyl (C=O) groups excluding carboxylic acids is 5. The molecule has 0 radical (unpaired) electrons. The lowest BCUT2D eigenvalue weighted by molar-refractivity contribution is -0.136. The third kappa shape index (κ3) is 11.0. The van der Waals surface area contributed by atoms with E-state index in [1.165, 1.54) is 35.6 Å². The van der Waals surface area contributed by atoms with Crippen molar-refractivity contribution >= 4 is 45.9 Å². The van der Waals surface area contributed by atoms with E-state index >= 15 is 0 Å². The second-order valence-electron chi connectivity index (χ2n) is 13.2. The third-order valence-corrected chi connectivity index (χ3v) is 10.2. The Morgan fingerprint density at radius 3 is 2.24 bits per heavy atom. The van der Waals surface area contributed by atoms with Crippen molar-refractivity contribution in [3.8, 4) is 22.8 Å². The van der Waals surface area contributed by atoms with E-state index in [4.69, 9.17) is 33.2 Å². The summed E-state index contributed by atoms with van der Waals surface area (Å²) < 4.78 is 67.4. The van der Waals surface area contributed by atoms with Crippen LogP contribution in [0.3, 0.4) is 0 Å². The molecular weight excluding hydrogens is 787 g/mol. The number of hydrogen-bond donors (Lipinski definition) is 1. The fourth-order valence-corrected chi connectivity index (χ4v) is 7.21. The molecule has 4 heterocycles. The number of nitrogens with zero attached hydrogens (tertiary/aromatic N) is 3. The number of anilines is 1. The normalized spacial score (nSPS) is 16.8. The first kappa shape index (κ1) is 42.7. The van der Waals surface area contributed by atoms with Crippen LogP contribution in [0.2, 0.25) is 0 Å². The maximum absolute atomic E-state index is 14.7. The van der Waals surface area contributed by atoms with Crippen LogP contribution in [0.5, 0.6) is 11.5 Å². The molecular formula is C39H44F2N4O12S. The van der Waals surface area contributed by atoms with E-state index in [-0.39, 0.29) is 74.1 Å². The zero-order chi connectivity index (χ0) is 40.9. The van der Waals surface area contributed by atoms with Gasteiger partial charge in [-0.15, -0.1) is 11.3 Å². The smallest absolute Gasteiger partial charge is 0.266 e. The van der Waals surface area contributed by atoms with Gasteiger partial charge in [0.1, 0.15) is 25.0 Å². The number of thiazole rings is 1. The second-order valence-corrected chi connectivity index (χ2v) is 14.0. The minimum absolute atomic E-state index is 0.00580. The number of amides is 4. The Balaban J connectivity index is 0.771. The molecule has 312 valence electrons. The molecule has 0 spiro atoms. The van der Waals surface area contributed by atoms with Crippen LogP contribution >= 0.6 is 11.3 Å². The number of halogens is 2. The maximum Gasteiger partial charge on any atom is 0.266 e. The van der Waals surface area contributed by atoms with Crippen molar-refractivity contribution in [2.75, 3.05) is 97.3 Å². The van der Waals surface area contributed by atoms with Gasteiger partial charge in [0.25, 0.3) is 11.8 Å². The number of imide groups is 2. The molecule has 6 rings (SSSR count). The van der Waals surface area contributed by atoms with Gasteiger partial charge in [-0.25, -0.2) is 9.37 Å². The molecule has 58 heavy (non-hydrogen) atoms. The van der Waals surface area contributed by atoms with E-state index in [1.54, 1.807) is 5.38 Å². The van der Waals surface area contributed by atoms with Gasteiger partial charge in [-0.05, 0) is 37.1 Å². The van der Waals surface area contributed by atoms with Crippen molar-refractivity contribution in [3.63, 3.8) is 0 Å². The van der Waals surface area contributed by atoms with Gasteiger partial charge in [-0.3, -0.25) is 34.2 Å². The van der Waals surface area contributed by atoms with Crippen LogP contribution in [0.1, 0.15) is 46.4 Å². The zero-order valence-electron chi connectivity index (χ0n) is 31.7. The fraction of sp³-hybridized carbons (Fsp3) is 0.487. The molecule has 1 atom stereocenters. The topological polar surface area (TPSA) is 181 Å². The molecule has 1 N–H and O–H groups in total. The van der Waals surface area contributed by atoms with Crippen LogP contribution in [0.4, 0.5) is 13.9 Å². The number of hydrogen-bond acceptors (Lipinski definition) is 15. The summed E-state index contributed by atoms with van der Waals surface area (Å²) in [5.41, 5.74) is 0.905. The summed E-state index contributed by atoms with van der Waals surface area (Å²) in [6.07, 6.45) is 0.639. The number of morpholine rings is 1. The van der Waals surface area contributed by atoms with Gasteiger partial charge in [0.05, 0.1) is 76.3 Å². The maximum atomic E-state index is 14.7. The number of ether oxygens (including phenoxy) is 7. The van der Waals surface area contributed by atoms with Gasteiger partial charge in [0, 0.05) is 43.5 Å². The average molecular weight is 831 g/mol. The lowest BCUT2D eigenvalue weighted by Gasteiger charge is -2.27. The number of Topliss-reactive ketones (excluding diaryl/α,β-unsaturated/α-hetero) is 1. The van der Waals surface area contributed by atoms with Gasteiger partial charge in [0.2, 0.25) is 17.6 Å². The summed E-state index contributed by atoms with van der Waals surface area (Å²) in [4.78, 5) is 70.0. The van der Waals surface area contributed by atoms with Crippen molar-refractivity contribution in [1.29, 1.82) is 0 Å². The molecule has 3 aliphatic heterocycles. The Morgan fingerprint density at radius 1 is 0.845 bits per heavy atom. The first-order valence-corrected chi connectivity index (χ1v) is 19.8. The van der Waals surface area contributed by atoms with Gasteiger partial charge in [-0.1, -0.05) is 6.07 Å². The molecule has 2 saturated heterocycles. The number of carbonyl (C=O) groups is 5. The molecule has 3 aliphatic rings. The monoisotopic (exact) mass is 830 g/mol. The molecule has 0 bridgehead atoms. The quantitative estimate of drug-likeness (QED) is 0.109.